The molecule has 0 aromatic carbocycles. The third kappa shape index (κ3) is 1.79. The second-order valence-corrected chi connectivity index (χ2v) is 3.35. The maximum absolute atomic E-state index is 11.0. The maximum atomic E-state index is 11.0. The number of nitrogens with one attached hydrogen (secondary N) is 1. The second kappa shape index (κ2) is 3.63. The topological polar surface area (TPSA) is 35.6 Å². The zero-order valence-corrected chi connectivity index (χ0v) is 8.98. The smallest absolute Gasteiger partial charge is 0.248 e. The Morgan fingerprint density at radius 1 is 1.82 bits per heavy atom. The number of amides is 1. The Morgan fingerprint density at radius 2 is 2.45 bits per heavy atom. The van der Waals surface area contributed by atoms with Gasteiger partial charge in [-0.05, 0) is 12.2 Å². The summed E-state index contributed by atoms with van der Waals surface area (Å²) in [6, 6.07) is 0. The average Bonchev–Trinajstić information content (AvgIpc) is 2.19. The van der Waals surface area contributed by atoms with E-state index in [-0.39, 0.29) is 5.91 Å². The van der Waals surface area contributed by atoms with Crippen LogP contribution in [0.1, 0.15) is 0 Å². The summed E-state index contributed by atoms with van der Waals surface area (Å²) in [4.78, 5) is 14.3. The zero-order chi connectivity index (χ0) is 8.43. The summed E-state index contributed by atoms with van der Waals surface area (Å²) in [5.41, 5.74) is 0. The normalized spacial score (nSPS) is 18.4. The Morgan fingerprint density at radius 3 is 2.82 bits per heavy atom. The lowest BCUT2D eigenvalue weighted by Gasteiger charge is -2.15. The SMILES string of the molecule is CN1C(=O)CN(CNI)C1=S. The highest BCUT2D eigenvalue weighted by Gasteiger charge is 2.28. The molecule has 1 aliphatic rings. The number of thiocarbonyl (C=S) groups is 1. The molecular weight excluding hydrogens is 277 g/mol. The summed E-state index contributed by atoms with van der Waals surface area (Å²) in [6.45, 7) is 1.01. The van der Waals surface area contributed by atoms with Crippen molar-refractivity contribution in [1.29, 1.82) is 0 Å². The van der Waals surface area contributed by atoms with Crippen LogP contribution >= 0.6 is 35.1 Å². The molecule has 0 radical (unpaired) electrons. The lowest BCUT2D eigenvalue weighted by molar-refractivity contribution is -0.124. The van der Waals surface area contributed by atoms with E-state index >= 15 is 0 Å². The van der Waals surface area contributed by atoms with E-state index in [9.17, 15) is 4.79 Å². The van der Waals surface area contributed by atoms with Crippen molar-refractivity contribution in [2.45, 2.75) is 0 Å². The molecule has 1 aliphatic heterocycles. The average molecular weight is 285 g/mol. The van der Waals surface area contributed by atoms with Gasteiger partial charge in [-0.15, -0.1) is 0 Å². The van der Waals surface area contributed by atoms with Gasteiger partial charge in [0.25, 0.3) is 0 Å². The monoisotopic (exact) mass is 285 g/mol. The number of likely N-dealkylation sites (N-methyl/N-ethyl adjacent to an activating group) is 1. The van der Waals surface area contributed by atoms with Crippen molar-refractivity contribution in [2.24, 2.45) is 0 Å². The lowest BCUT2D eigenvalue weighted by Crippen LogP contribution is -2.33. The minimum atomic E-state index is 0.0571. The van der Waals surface area contributed by atoms with Crippen molar-refractivity contribution in [3.8, 4) is 0 Å². The lowest BCUT2D eigenvalue weighted by atomic mass is 10.6. The largest absolute Gasteiger partial charge is 0.326 e. The van der Waals surface area contributed by atoms with E-state index < -0.39 is 0 Å². The van der Waals surface area contributed by atoms with Crippen molar-refractivity contribution in [1.82, 2.24) is 13.3 Å². The summed E-state index contributed by atoms with van der Waals surface area (Å²) in [7, 11) is 1.69. The highest BCUT2D eigenvalue weighted by atomic mass is 127. The fourth-order valence-corrected chi connectivity index (χ4v) is 1.49. The number of hydrogen-bond donors (Lipinski definition) is 1. The van der Waals surface area contributed by atoms with Gasteiger partial charge >= 0.3 is 0 Å². The number of nitrogens with zero attached hydrogens (tertiary/aromatic N) is 2. The van der Waals surface area contributed by atoms with E-state index in [1.165, 1.54) is 4.90 Å². The highest BCUT2D eigenvalue weighted by Crippen LogP contribution is 2.06. The molecule has 62 valence electrons. The van der Waals surface area contributed by atoms with E-state index in [1.807, 2.05) is 27.8 Å². The number of carbonyl (C=O) groups is 1. The van der Waals surface area contributed by atoms with E-state index in [4.69, 9.17) is 12.2 Å². The van der Waals surface area contributed by atoms with Crippen LogP contribution in [0.3, 0.4) is 0 Å². The molecule has 1 heterocycles. The molecule has 0 bridgehead atoms. The van der Waals surface area contributed by atoms with E-state index in [0.29, 0.717) is 18.3 Å². The first-order valence-corrected chi connectivity index (χ1v) is 4.54. The Balaban J connectivity index is 2.60. The summed E-state index contributed by atoms with van der Waals surface area (Å²) in [6.07, 6.45) is 0. The summed E-state index contributed by atoms with van der Waals surface area (Å²) in [5, 5.41) is 0.596. The van der Waals surface area contributed by atoms with Crippen LogP contribution in [-0.2, 0) is 4.79 Å². The Bertz CT molecular complexity index is 198. The van der Waals surface area contributed by atoms with E-state index in [2.05, 4.69) is 3.53 Å². The standard InChI is InChI=1S/C5H8IN3OS/c1-8-4(10)2-9(3-7-6)5(8)11/h7H,2-3H2,1H3. The molecule has 0 aromatic rings. The first-order valence-electron chi connectivity index (χ1n) is 3.05. The molecular formula is C5H8IN3OS. The van der Waals surface area contributed by atoms with E-state index in [1.54, 1.807) is 7.05 Å². The molecule has 0 unspecified atom stereocenters. The molecule has 1 rings (SSSR count). The molecule has 4 nitrogen and oxygen atoms in total. The van der Waals surface area contributed by atoms with Gasteiger partial charge in [-0.25, -0.2) is 3.53 Å². The highest BCUT2D eigenvalue weighted by molar-refractivity contribution is 14.1. The summed E-state index contributed by atoms with van der Waals surface area (Å²) in [5.74, 6) is 0.0571. The van der Waals surface area contributed by atoms with Crippen molar-refractivity contribution in [3.63, 3.8) is 0 Å². The summed E-state index contributed by atoms with van der Waals surface area (Å²) >= 11 is 7.01. The van der Waals surface area contributed by atoms with Gasteiger partial charge in [0.15, 0.2) is 5.11 Å². The molecule has 1 amide bonds. The van der Waals surface area contributed by atoms with Crippen LogP contribution in [-0.4, -0.2) is 41.1 Å². The predicted molar refractivity (Wildman–Crippen MR) is 54.1 cm³/mol. The molecule has 6 heteroatoms. The van der Waals surface area contributed by atoms with Crippen molar-refractivity contribution in [2.75, 3.05) is 20.3 Å². The van der Waals surface area contributed by atoms with Crippen LogP contribution < -0.4 is 3.53 Å². The molecule has 0 aliphatic carbocycles. The Kier molecular flexibility index (Phi) is 3.02. The first-order chi connectivity index (χ1) is 5.16. The summed E-state index contributed by atoms with van der Waals surface area (Å²) < 4.78 is 2.91. The third-order valence-electron chi connectivity index (χ3n) is 1.51. The molecule has 0 atom stereocenters. The Hall–Kier alpha value is 0.0500. The molecule has 1 N–H and O–H groups in total. The molecule has 1 fully saturated rings. The van der Waals surface area contributed by atoms with Crippen LogP contribution in [0.15, 0.2) is 0 Å². The van der Waals surface area contributed by atoms with Crippen molar-refractivity contribution < 1.29 is 4.79 Å². The molecule has 0 spiro atoms. The van der Waals surface area contributed by atoms with Gasteiger partial charge in [0.2, 0.25) is 5.91 Å². The van der Waals surface area contributed by atoms with Crippen LogP contribution in [0.5, 0.6) is 0 Å². The zero-order valence-electron chi connectivity index (χ0n) is 6.00. The maximum Gasteiger partial charge on any atom is 0.248 e. The fraction of sp³-hybridized carbons (Fsp3) is 0.600. The number of halogens is 1. The van der Waals surface area contributed by atoms with Gasteiger partial charge < -0.3 is 4.90 Å². The van der Waals surface area contributed by atoms with Gasteiger partial charge in [-0.2, -0.15) is 0 Å². The number of rotatable bonds is 2. The van der Waals surface area contributed by atoms with Gasteiger partial charge in [0.1, 0.15) is 6.54 Å². The number of hydrogen-bond acceptors (Lipinski definition) is 3. The van der Waals surface area contributed by atoms with Crippen LogP contribution in [0, 0.1) is 0 Å². The van der Waals surface area contributed by atoms with Gasteiger partial charge in [0, 0.05) is 29.9 Å². The predicted octanol–water partition coefficient (Wildman–Crippen LogP) is -0.0576. The van der Waals surface area contributed by atoms with Crippen molar-refractivity contribution in [3.05, 3.63) is 0 Å². The Labute approximate surface area is 84.4 Å². The fourth-order valence-electron chi connectivity index (χ4n) is 0.851. The molecule has 1 saturated heterocycles. The number of carbonyl (C=O) groups excluding carboxylic acids is 1. The van der Waals surface area contributed by atoms with Crippen LogP contribution in [0.2, 0.25) is 0 Å². The second-order valence-electron chi connectivity index (χ2n) is 2.23. The van der Waals surface area contributed by atoms with E-state index in [0.717, 1.165) is 0 Å². The van der Waals surface area contributed by atoms with Crippen LogP contribution in [0.4, 0.5) is 0 Å². The van der Waals surface area contributed by atoms with Crippen molar-refractivity contribution >= 4 is 46.1 Å². The molecule has 0 aromatic heterocycles. The first kappa shape index (κ1) is 9.14. The minimum Gasteiger partial charge on any atom is -0.326 e. The van der Waals surface area contributed by atoms with Crippen LogP contribution in [0.25, 0.3) is 0 Å². The van der Waals surface area contributed by atoms with Gasteiger partial charge in [-0.3, -0.25) is 9.69 Å². The van der Waals surface area contributed by atoms with Gasteiger partial charge in [0.05, 0.1) is 6.67 Å². The third-order valence-corrected chi connectivity index (χ3v) is 2.38. The van der Waals surface area contributed by atoms with Gasteiger partial charge in [-0.1, -0.05) is 0 Å². The minimum absolute atomic E-state index is 0.0571. The molecule has 11 heavy (non-hydrogen) atoms. The quantitative estimate of drug-likeness (QED) is 0.438. The molecule has 0 saturated carbocycles.